The smallest absolute Gasteiger partial charge is 0.181 e. The first kappa shape index (κ1) is 9.33. The van der Waals surface area contributed by atoms with Gasteiger partial charge in [0.25, 0.3) is 0 Å². The van der Waals surface area contributed by atoms with Crippen LogP contribution in [-0.2, 0) is 0 Å². The van der Waals surface area contributed by atoms with Crippen molar-refractivity contribution < 1.29 is 0 Å². The second kappa shape index (κ2) is 3.59. The lowest BCUT2D eigenvalue weighted by Crippen LogP contribution is -1.82. The number of aromatic amines is 1. The van der Waals surface area contributed by atoms with E-state index in [2.05, 4.69) is 49.9 Å². The molecule has 0 atom stereocenters. The number of rotatable bonds is 2. The molecule has 1 fully saturated rings. The Morgan fingerprint density at radius 2 is 2.20 bits per heavy atom. The molecule has 0 aliphatic heterocycles. The molecule has 15 heavy (non-hydrogen) atoms. The second-order valence-electron chi connectivity index (χ2n) is 3.83. The van der Waals surface area contributed by atoms with Crippen molar-refractivity contribution in [2.24, 2.45) is 0 Å². The van der Waals surface area contributed by atoms with E-state index in [1.807, 2.05) is 12.1 Å². The molecule has 1 aliphatic rings. The lowest BCUT2D eigenvalue weighted by molar-refractivity contribution is 0.935. The van der Waals surface area contributed by atoms with E-state index >= 15 is 0 Å². The average Bonchev–Trinajstić information content (AvgIpc) is 2.97. The van der Waals surface area contributed by atoms with Crippen LogP contribution < -0.4 is 0 Å². The molecule has 1 aliphatic carbocycles. The van der Waals surface area contributed by atoms with Crippen molar-refractivity contribution in [2.45, 2.75) is 18.8 Å². The van der Waals surface area contributed by atoms with Crippen molar-refractivity contribution in [1.29, 1.82) is 0 Å². The third-order valence-electron chi connectivity index (χ3n) is 2.55. The van der Waals surface area contributed by atoms with E-state index in [0.29, 0.717) is 5.92 Å². The summed E-state index contributed by atoms with van der Waals surface area (Å²) in [7, 11) is 0. The largest absolute Gasteiger partial charge is 0.262 e. The third kappa shape index (κ3) is 1.90. The molecule has 0 amide bonds. The van der Waals surface area contributed by atoms with Gasteiger partial charge in [-0.3, -0.25) is 5.10 Å². The van der Waals surface area contributed by atoms with Gasteiger partial charge in [0.15, 0.2) is 5.82 Å². The number of H-pyrrole nitrogens is 1. The summed E-state index contributed by atoms with van der Waals surface area (Å²) in [4.78, 5) is 4.51. The number of nitrogens with one attached hydrogen (secondary N) is 1. The van der Waals surface area contributed by atoms with E-state index in [0.717, 1.165) is 17.2 Å². The fourth-order valence-electron chi connectivity index (χ4n) is 1.57. The molecule has 0 saturated heterocycles. The van der Waals surface area contributed by atoms with Gasteiger partial charge in [0.2, 0.25) is 0 Å². The summed E-state index contributed by atoms with van der Waals surface area (Å²) in [6.45, 7) is 0. The fourth-order valence-corrected chi connectivity index (χ4v) is 2.11. The normalized spacial score (nSPS) is 15.5. The molecule has 3 nitrogen and oxygen atoms in total. The van der Waals surface area contributed by atoms with Crippen molar-refractivity contribution in [3.05, 3.63) is 33.7 Å². The molecule has 0 radical (unpaired) electrons. The van der Waals surface area contributed by atoms with Crippen LogP contribution in [0.25, 0.3) is 11.4 Å². The third-order valence-corrected chi connectivity index (χ3v) is 3.22. The van der Waals surface area contributed by atoms with E-state index in [1.54, 1.807) is 0 Å². The Morgan fingerprint density at radius 3 is 2.93 bits per heavy atom. The Hall–Kier alpha value is -0.910. The van der Waals surface area contributed by atoms with Crippen molar-refractivity contribution in [2.75, 3.05) is 0 Å². The summed E-state index contributed by atoms with van der Waals surface area (Å²) in [5, 5.41) is 7.27. The van der Waals surface area contributed by atoms with Gasteiger partial charge < -0.3 is 0 Å². The molecule has 1 saturated carbocycles. The maximum absolute atomic E-state index is 4.51. The van der Waals surface area contributed by atoms with Crippen LogP contribution in [0, 0.1) is 3.57 Å². The number of aromatic nitrogens is 3. The molecular weight excluding hydrogens is 301 g/mol. The zero-order valence-electron chi connectivity index (χ0n) is 8.07. The second-order valence-corrected chi connectivity index (χ2v) is 5.07. The summed E-state index contributed by atoms with van der Waals surface area (Å²) >= 11 is 2.30. The lowest BCUT2D eigenvalue weighted by atomic mass is 10.2. The Bertz CT molecular complexity index is 488. The molecule has 1 aromatic carbocycles. The van der Waals surface area contributed by atoms with Gasteiger partial charge in [-0.25, -0.2) is 4.98 Å². The number of hydrogen-bond donors (Lipinski definition) is 1. The molecule has 0 spiro atoms. The molecule has 1 aromatic heterocycles. The van der Waals surface area contributed by atoms with Crippen molar-refractivity contribution >= 4 is 22.6 Å². The first-order valence-electron chi connectivity index (χ1n) is 5.01. The minimum absolute atomic E-state index is 0.633. The van der Waals surface area contributed by atoms with E-state index in [4.69, 9.17) is 0 Å². The molecule has 76 valence electrons. The standard InChI is InChI=1S/C11H10IN3/c12-9-3-1-2-8(6-9)11-13-10(14-15-11)7-4-5-7/h1-3,6-7H,4-5H2,(H,13,14,15). The van der Waals surface area contributed by atoms with E-state index in [1.165, 1.54) is 16.4 Å². The van der Waals surface area contributed by atoms with Crippen LogP contribution in [0.2, 0.25) is 0 Å². The topological polar surface area (TPSA) is 41.6 Å². The van der Waals surface area contributed by atoms with Crippen LogP contribution in [0.1, 0.15) is 24.6 Å². The summed E-state index contributed by atoms with van der Waals surface area (Å²) in [6.07, 6.45) is 2.50. The molecular formula is C11H10IN3. The number of halogens is 1. The van der Waals surface area contributed by atoms with Crippen molar-refractivity contribution in [3.8, 4) is 11.4 Å². The Kier molecular flexibility index (Phi) is 2.23. The van der Waals surface area contributed by atoms with Crippen LogP contribution >= 0.6 is 22.6 Å². The Labute approximate surface area is 101 Å². The van der Waals surface area contributed by atoms with Crippen molar-refractivity contribution in [1.82, 2.24) is 15.2 Å². The van der Waals surface area contributed by atoms with E-state index < -0.39 is 0 Å². The predicted molar refractivity (Wildman–Crippen MR) is 66.5 cm³/mol. The van der Waals surface area contributed by atoms with Crippen LogP contribution in [0.15, 0.2) is 24.3 Å². The van der Waals surface area contributed by atoms with Gasteiger partial charge in [0.1, 0.15) is 5.82 Å². The minimum Gasteiger partial charge on any atom is -0.262 e. The minimum atomic E-state index is 0.633. The highest BCUT2D eigenvalue weighted by Crippen LogP contribution is 2.38. The van der Waals surface area contributed by atoms with Gasteiger partial charge in [0.05, 0.1) is 0 Å². The van der Waals surface area contributed by atoms with Gasteiger partial charge in [-0.1, -0.05) is 12.1 Å². The molecule has 1 heterocycles. The number of benzene rings is 1. The Balaban J connectivity index is 1.97. The summed E-state index contributed by atoms with van der Waals surface area (Å²) in [5.41, 5.74) is 1.09. The highest BCUT2D eigenvalue weighted by Gasteiger charge is 2.27. The van der Waals surface area contributed by atoms with E-state index in [-0.39, 0.29) is 0 Å². The quantitative estimate of drug-likeness (QED) is 0.867. The first-order chi connectivity index (χ1) is 7.33. The summed E-state index contributed by atoms with van der Waals surface area (Å²) in [5.74, 6) is 2.49. The van der Waals surface area contributed by atoms with Crippen LogP contribution in [-0.4, -0.2) is 15.2 Å². The monoisotopic (exact) mass is 311 g/mol. The van der Waals surface area contributed by atoms with Gasteiger partial charge >= 0.3 is 0 Å². The zero-order chi connectivity index (χ0) is 10.3. The van der Waals surface area contributed by atoms with E-state index in [9.17, 15) is 0 Å². The summed E-state index contributed by atoms with van der Waals surface area (Å²) in [6, 6.07) is 8.24. The molecule has 4 heteroatoms. The highest BCUT2D eigenvalue weighted by atomic mass is 127. The average molecular weight is 311 g/mol. The Morgan fingerprint density at radius 1 is 1.33 bits per heavy atom. The maximum atomic E-state index is 4.51. The van der Waals surface area contributed by atoms with Gasteiger partial charge in [-0.15, -0.1) is 0 Å². The number of hydrogen-bond acceptors (Lipinski definition) is 2. The SMILES string of the molecule is Ic1cccc(-c2n[nH]c(C3CC3)n2)c1. The molecule has 1 N–H and O–H groups in total. The zero-order valence-corrected chi connectivity index (χ0v) is 10.2. The van der Waals surface area contributed by atoms with Crippen molar-refractivity contribution in [3.63, 3.8) is 0 Å². The van der Waals surface area contributed by atoms with Gasteiger partial charge in [-0.05, 0) is 47.6 Å². The molecule has 0 bridgehead atoms. The molecule has 0 unspecified atom stereocenters. The van der Waals surface area contributed by atoms with Crippen LogP contribution in [0.3, 0.4) is 0 Å². The van der Waals surface area contributed by atoms with Crippen LogP contribution in [0.4, 0.5) is 0 Å². The number of nitrogens with zero attached hydrogens (tertiary/aromatic N) is 2. The highest BCUT2D eigenvalue weighted by molar-refractivity contribution is 14.1. The first-order valence-corrected chi connectivity index (χ1v) is 6.09. The lowest BCUT2D eigenvalue weighted by Gasteiger charge is -1.94. The molecule has 3 rings (SSSR count). The van der Waals surface area contributed by atoms with Gasteiger partial charge in [-0.2, -0.15) is 5.10 Å². The molecule has 2 aromatic rings. The van der Waals surface area contributed by atoms with Gasteiger partial charge in [0, 0.05) is 15.1 Å². The maximum Gasteiger partial charge on any atom is 0.181 e. The predicted octanol–water partition coefficient (Wildman–Crippen LogP) is 2.95. The van der Waals surface area contributed by atoms with Crippen LogP contribution in [0.5, 0.6) is 0 Å². The fraction of sp³-hybridized carbons (Fsp3) is 0.273. The summed E-state index contributed by atoms with van der Waals surface area (Å²) < 4.78 is 1.21.